The van der Waals surface area contributed by atoms with Crippen molar-refractivity contribution >= 4 is 0 Å². The van der Waals surface area contributed by atoms with Crippen molar-refractivity contribution in [3.63, 3.8) is 0 Å². The van der Waals surface area contributed by atoms with Crippen molar-refractivity contribution in [2.24, 2.45) is 5.73 Å². The van der Waals surface area contributed by atoms with Crippen molar-refractivity contribution in [1.82, 2.24) is 0 Å². The van der Waals surface area contributed by atoms with Gasteiger partial charge in [-0.05, 0) is 32.1 Å². The van der Waals surface area contributed by atoms with Crippen LogP contribution in [0.1, 0.15) is 32.1 Å². The number of unbranched alkanes of at least 4 members (excludes halogenated alkanes) is 1. The molecular weight excluding hydrogens is 134 g/mol. The maximum absolute atomic E-state index is 5.77. The number of nitrogens with two attached hydrogens (primary N) is 1. The maximum Gasteiger partial charge on any atom is 0.00791 e. The van der Waals surface area contributed by atoms with Gasteiger partial charge in [0.25, 0.3) is 0 Å². The van der Waals surface area contributed by atoms with E-state index in [2.05, 4.69) is 12.7 Å². The van der Waals surface area contributed by atoms with Crippen molar-refractivity contribution in [3.05, 3.63) is 24.3 Å². The molecule has 1 aliphatic rings. The highest BCUT2D eigenvalue weighted by Crippen LogP contribution is 2.23. The van der Waals surface area contributed by atoms with E-state index < -0.39 is 0 Å². The summed E-state index contributed by atoms with van der Waals surface area (Å²) in [4.78, 5) is 0. The van der Waals surface area contributed by atoms with Crippen LogP contribution in [0.5, 0.6) is 0 Å². The first-order valence-electron chi connectivity index (χ1n) is 4.37. The first-order chi connectivity index (χ1) is 5.33. The second-order valence-electron chi connectivity index (χ2n) is 3.23. The van der Waals surface area contributed by atoms with Crippen molar-refractivity contribution in [2.45, 2.75) is 38.1 Å². The van der Waals surface area contributed by atoms with Crippen LogP contribution in [0.2, 0.25) is 0 Å². The van der Waals surface area contributed by atoms with Gasteiger partial charge in [-0.25, -0.2) is 0 Å². The lowest BCUT2D eigenvalue weighted by Gasteiger charge is -1.96. The largest absolute Gasteiger partial charge is 0.327 e. The summed E-state index contributed by atoms with van der Waals surface area (Å²) in [7, 11) is 0. The summed E-state index contributed by atoms with van der Waals surface area (Å²) < 4.78 is 0. The fourth-order valence-corrected chi connectivity index (χ4v) is 1.50. The average molecular weight is 151 g/mol. The number of hydrogen-bond acceptors (Lipinski definition) is 1. The van der Waals surface area contributed by atoms with Gasteiger partial charge in [0.15, 0.2) is 0 Å². The zero-order valence-corrected chi connectivity index (χ0v) is 7.05. The van der Waals surface area contributed by atoms with Crippen LogP contribution in [0.15, 0.2) is 24.3 Å². The normalized spacial score (nSPS) is 27.7. The van der Waals surface area contributed by atoms with Crippen LogP contribution >= 0.6 is 0 Å². The van der Waals surface area contributed by atoms with E-state index in [9.17, 15) is 0 Å². The van der Waals surface area contributed by atoms with E-state index in [-0.39, 0.29) is 0 Å². The molecule has 0 radical (unpaired) electrons. The summed E-state index contributed by atoms with van der Waals surface area (Å²) in [5, 5.41) is 0. The van der Waals surface area contributed by atoms with Gasteiger partial charge in [-0.15, -0.1) is 6.58 Å². The predicted molar refractivity (Wildman–Crippen MR) is 49.3 cm³/mol. The third kappa shape index (κ3) is 2.89. The Morgan fingerprint density at radius 2 is 2.36 bits per heavy atom. The Labute approximate surface area is 69.0 Å². The standard InChI is InChI=1S/C10H17N/c1-2-3-4-5-9-6-7-10(11)8-9/h2,5,10H,1,3-4,6-8,11H2. The van der Waals surface area contributed by atoms with Gasteiger partial charge in [0.1, 0.15) is 0 Å². The van der Waals surface area contributed by atoms with Gasteiger partial charge in [0.2, 0.25) is 0 Å². The molecule has 0 aromatic heterocycles. The molecule has 1 fully saturated rings. The van der Waals surface area contributed by atoms with Gasteiger partial charge >= 0.3 is 0 Å². The second kappa shape index (κ2) is 4.35. The molecule has 2 N–H and O–H groups in total. The molecule has 1 heteroatoms. The monoisotopic (exact) mass is 151 g/mol. The van der Waals surface area contributed by atoms with E-state index in [4.69, 9.17) is 5.73 Å². The highest BCUT2D eigenvalue weighted by Gasteiger charge is 2.13. The predicted octanol–water partition coefficient (Wildman–Crippen LogP) is 2.39. The zero-order valence-electron chi connectivity index (χ0n) is 7.05. The molecule has 0 aromatic carbocycles. The lowest BCUT2D eigenvalue weighted by atomic mass is 10.1. The van der Waals surface area contributed by atoms with E-state index in [1.165, 1.54) is 12.8 Å². The summed E-state index contributed by atoms with van der Waals surface area (Å²) >= 11 is 0. The Morgan fingerprint density at radius 1 is 1.55 bits per heavy atom. The number of allylic oxidation sites excluding steroid dienone is 2. The smallest absolute Gasteiger partial charge is 0.00791 e. The average Bonchev–Trinajstić information content (AvgIpc) is 2.37. The molecule has 0 amide bonds. The molecule has 0 heterocycles. The highest BCUT2D eigenvalue weighted by molar-refractivity contribution is 5.09. The molecule has 11 heavy (non-hydrogen) atoms. The molecule has 62 valence electrons. The van der Waals surface area contributed by atoms with Gasteiger partial charge in [-0.2, -0.15) is 0 Å². The molecule has 1 nitrogen and oxygen atoms in total. The fraction of sp³-hybridized carbons (Fsp3) is 0.600. The van der Waals surface area contributed by atoms with Crippen LogP contribution in [0, 0.1) is 0 Å². The van der Waals surface area contributed by atoms with Crippen LogP contribution in [0.3, 0.4) is 0 Å². The molecule has 0 aromatic rings. The molecule has 1 aliphatic carbocycles. The van der Waals surface area contributed by atoms with Crippen LogP contribution < -0.4 is 5.73 Å². The summed E-state index contributed by atoms with van der Waals surface area (Å²) in [6.45, 7) is 3.69. The third-order valence-electron chi connectivity index (χ3n) is 2.16. The van der Waals surface area contributed by atoms with Gasteiger partial charge in [0.05, 0.1) is 0 Å². The van der Waals surface area contributed by atoms with Crippen LogP contribution in [0.25, 0.3) is 0 Å². The minimum atomic E-state index is 0.435. The maximum atomic E-state index is 5.77. The first kappa shape index (κ1) is 8.54. The molecule has 0 spiro atoms. The summed E-state index contributed by atoms with van der Waals surface area (Å²) in [5.74, 6) is 0. The Bertz CT molecular complexity index is 158. The lowest BCUT2D eigenvalue weighted by Crippen LogP contribution is -2.13. The Balaban J connectivity index is 2.24. The summed E-state index contributed by atoms with van der Waals surface area (Å²) in [5.41, 5.74) is 7.32. The Kier molecular flexibility index (Phi) is 3.37. The summed E-state index contributed by atoms with van der Waals surface area (Å²) in [6.07, 6.45) is 10.1. The van der Waals surface area contributed by atoms with E-state index >= 15 is 0 Å². The Morgan fingerprint density at radius 3 is 2.91 bits per heavy atom. The summed E-state index contributed by atoms with van der Waals surface area (Å²) in [6, 6.07) is 0.435. The van der Waals surface area contributed by atoms with E-state index in [0.717, 1.165) is 19.3 Å². The quantitative estimate of drug-likeness (QED) is 0.486. The SMILES string of the molecule is C=CCCC=C1CCC(N)C1. The number of hydrogen-bond donors (Lipinski definition) is 1. The lowest BCUT2D eigenvalue weighted by molar-refractivity contribution is 0.711. The van der Waals surface area contributed by atoms with Crippen molar-refractivity contribution in [2.75, 3.05) is 0 Å². The number of rotatable bonds is 3. The third-order valence-corrected chi connectivity index (χ3v) is 2.16. The van der Waals surface area contributed by atoms with Crippen molar-refractivity contribution < 1.29 is 0 Å². The van der Waals surface area contributed by atoms with Crippen molar-refractivity contribution in [1.29, 1.82) is 0 Å². The van der Waals surface area contributed by atoms with E-state index in [0.29, 0.717) is 6.04 Å². The van der Waals surface area contributed by atoms with Crippen LogP contribution in [0.4, 0.5) is 0 Å². The topological polar surface area (TPSA) is 26.0 Å². The van der Waals surface area contributed by atoms with E-state index in [1.807, 2.05) is 6.08 Å². The second-order valence-corrected chi connectivity index (χ2v) is 3.23. The van der Waals surface area contributed by atoms with Gasteiger partial charge in [0, 0.05) is 6.04 Å². The molecule has 0 aliphatic heterocycles. The minimum Gasteiger partial charge on any atom is -0.327 e. The van der Waals surface area contributed by atoms with Crippen molar-refractivity contribution in [3.8, 4) is 0 Å². The van der Waals surface area contributed by atoms with Gasteiger partial charge in [-0.1, -0.05) is 17.7 Å². The van der Waals surface area contributed by atoms with Gasteiger partial charge < -0.3 is 5.73 Å². The Hall–Kier alpha value is -0.560. The minimum absolute atomic E-state index is 0.435. The first-order valence-corrected chi connectivity index (χ1v) is 4.37. The molecule has 0 bridgehead atoms. The molecular formula is C10H17N. The molecule has 1 unspecified atom stereocenters. The molecule has 1 rings (SSSR count). The van der Waals surface area contributed by atoms with Gasteiger partial charge in [-0.3, -0.25) is 0 Å². The highest BCUT2D eigenvalue weighted by atomic mass is 14.6. The van der Waals surface area contributed by atoms with Crippen LogP contribution in [-0.2, 0) is 0 Å². The van der Waals surface area contributed by atoms with E-state index in [1.54, 1.807) is 5.57 Å². The fourth-order valence-electron chi connectivity index (χ4n) is 1.50. The molecule has 0 saturated heterocycles. The molecule has 1 atom stereocenters. The van der Waals surface area contributed by atoms with Crippen LogP contribution in [-0.4, -0.2) is 6.04 Å². The molecule has 1 saturated carbocycles. The zero-order chi connectivity index (χ0) is 8.10.